The standard InChI is InChI=1S/C28H31NO.CH4O3S/c1-30-24-13-15-25-23(19-24)12-14-26-27(25)20-29(17-16-21-8-4-2-5-9-21)28(26)18-22-10-6-3-7-11-22;1-5(2,3)4/h2-11,13,15,19,26-28H,12,14,16-18,20H2,1H3;1H3,(H,2,3,4)/t26?,27-,28-;/m1./s1. The summed E-state index contributed by atoms with van der Waals surface area (Å²) in [6, 6.07) is 29.4. The Labute approximate surface area is 209 Å². The van der Waals surface area contributed by atoms with Crippen LogP contribution in [0.1, 0.15) is 34.6 Å². The van der Waals surface area contributed by atoms with Gasteiger partial charge in [0.15, 0.2) is 0 Å². The number of benzene rings is 3. The lowest BCUT2D eigenvalue weighted by Crippen LogP contribution is -2.36. The maximum atomic E-state index is 9.19. The molecule has 0 spiro atoms. The van der Waals surface area contributed by atoms with Gasteiger partial charge in [0.1, 0.15) is 5.75 Å². The zero-order valence-electron chi connectivity index (χ0n) is 20.5. The molecule has 0 amide bonds. The van der Waals surface area contributed by atoms with E-state index in [0.717, 1.165) is 31.1 Å². The summed E-state index contributed by atoms with van der Waals surface area (Å²) in [6.07, 6.45) is 5.45. The predicted octanol–water partition coefficient (Wildman–Crippen LogP) is 5.01. The van der Waals surface area contributed by atoms with Gasteiger partial charge in [-0.05, 0) is 66.0 Å². The summed E-state index contributed by atoms with van der Waals surface area (Å²) in [6.45, 7) is 2.31. The van der Waals surface area contributed by atoms with Crippen molar-refractivity contribution >= 4 is 10.1 Å². The molecular formula is C29H35NO4S. The molecule has 1 heterocycles. The van der Waals surface area contributed by atoms with Crippen molar-refractivity contribution < 1.29 is 17.7 Å². The quantitative estimate of drug-likeness (QED) is 0.489. The molecule has 35 heavy (non-hydrogen) atoms. The summed E-state index contributed by atoms with van der Waals surface area (Å²) in [5.41, 5.74) is 5.97. The van der Waals surface area contributed by atoms with Crippen LogP contribution in [0.4, 0.5) is 0 Å². The van der Waals surface area contributed by atoms with Crippen molar-refractivity contribution in [3.05, 3.63) is 101 Å². The lowest BCUT2D eigenvalue weighted by molar-refractivity contribution is 0.220. The van der Waals surface area contributed by atoms with E-state index in [0.29, 0.717) is 18.2 Å². The molecule has 0 saturated carbocycles. The molecule has 0 radical (unpaired) electrons. The molecule has 186 valence electrons. The van der Waals surface area contributed by atoms with Gasteiger partial charge in [-0.2, -0.15) is 8.42 Å². The van der Waals surface area contributed by atoms with E-state index in [1.807, 2.05) is 0 Å². The first-order valence-electron chi connectivity index (χ1n) is 12.2. The molecular weight excluding hydrogens is 458 g/mol. The third-order valence-corrected chi connectivity index (χ3v) is 7.23. The first-order valence-corrected chi connectivity index (χ1v) is 14.1. The average molecular weight is 494 g/mol. The number of fused-ring (bicyclic) bond motifs is 3. The zero-order chi connectivity index (χ0) is 24.8. The van der Waals surface area contributed by atoms with Gasteiger partial charge in [-0.3, -0.25) is 9.45 Å². The number of hydrogen-bond acceptors (Lipinski definition) is 4. The number of likely N-dealkylation sites (tertiary alicyclic amines) is 1. The molecule has 6 heteroatoms. The van der Waals surface area contributed by atoms with Crippen LogP contribution in [0, 0.1) is 5.92 Å². The van der Waals surface area contributed by atoms with Crippen molar-refractivity contribution in [1.82, 2.24) is 4.90 Å². The molecule has 1 saturated heterocycles. The number of nitrogens with zero attached hydrogens (tertiary/aromatic N) is 1. The average Bonchev–Trinajstić information content (AvgIpc) is 3.20. The molecule has 1 unspecified atom stereocenters. The number of ether oxygens (including phenoxy) is 1. The Morgan fingerprint density at radius 3 is 2.23 bits per heavy atom. The minimum absolute atomic E-state index is 0.622. The Kier molecular flexibility index (Phi) is 8.26. The molecule has 1 aliphatic heterocycles. The third kappa shape index (κ3) is 6.94. The van der Waals surface area contributed by atoms with E-state index in [4.69, 9.17) is 9.29 Å². The van der Waals surface area contributed by atoms with Crippen LogP contribution in [0.15, 0.2) is 78.9 Å². The highest BCUT2D eigenvalue weighted by Gasteiger charge is 2.44. The second-order valence-electron chi connectivity index (χ2n) is 9.59. The normalized spacial score (nSPS) is 21.4. The van der Waals surface area contributed by atoms with Crippen LogP contribution in [0.25, 0.3) is 0 Å². The minimum Gasteiger partial charge on any atom is -0.497 e. The van der Waals surface area contributed by atoms with Crippen LogP contribution in [0.5, 0.6) is 5.75 Å². The molecule has 2 aliphatic rings. The van der Waals surface area contributed by atoms with Gasteiger partial charge in [0, 0.05) is 25.0 Å². The molecule has 5 rings (SSSR count). The third-order valence-electron chi connectivity index (χ3n) is 7.23. The largest absolute Gasteiger partial charge is 0.497 e. The minimum atomic E-state index is -3.67. The Morgan fingerprint density at radius 2 is 1.60 bits per heavy atom. The van der Waals surface area contributed by atoms with Gasteiger partial charge in [-0.15, -0.1) is 0 Å². The lowest BCUT2D eigenvalue weighted by atomic mass is 9.73. The van der Waals surface area contributed by atoms with Gasteiger partial charge in [0.25, 0.3) is 10.1 Å². The summed E-state index contributed by atoms with van der Waals surface area (Å²) in [5.74, 6) is 2.37. The van der Waals surface area contributed by atoms with Crippen molar-refractivity contribution in [3.8, 4) is 5.75 Å². The lowest BCUT2D eigenvalue weighted by Gasteiger charge is -2.32. The number of rotatable bonds is 6. The monoisotopic (exact) mass is 493 g/mol. The Balaban J connectivity index is 0.000000527. The molecule has 0 aromatic heterocycles. The summed E-state index contributed by atoms with van der Waals surface area (Å²) < 4.78 is 31.4. The number of hydrogen-bond donors (Lipinski definition) is 1. The summed E-state index contributed by atoms with van der Waals surface area (Å²) in [5, 5.41) is 0. The SMILES string of the molecule is COc1ccc2c(c1)CCC1[C@@H]2CN(CCc2ccccc2)[C@@H]1Cc1ccccc1.CS(=O)(=O)O. The van der Waals surface area contributed by atoms with Gasteiger partial charge in [-0.1, -0.05) is 66.7 Å². The van der Waals surface area contributed by atoms with Crippen molar-refractivity contribution in [1.29, 1.82) is 0 Å². The summed E-state index contributed by atoms with van der Waals surface area (Å²) >= 11 is 0. The van der Waals surface area contributed by atoms with Crippen LogP contribution >= 0.6 is 0 Å². The van der Waals surface area contributed by atoms with Crippen molar-refractivity contribution in [2.75, 3.05) is 26.5 Å². The first kappa shape index (κ1) is 25.4. The predicted molar refractivity (Wildman–Crippen MR) is 141 cm³/mol. The van der Waals surface area contributed by atoms with E-state index in [1.165, 1.54) is 36.1 Å². The maximum Gasteiger partial charge on any atom is 0.261 e. The van der Waals surface area contributed by atoms with E-state index in [9.17, 15) is 8.42 Å². The zero-order valence-corrected chi connectivity index (χ0v) is 21.3. The smallest absolute Gasteiger partial charge is 0.261 e. The highest BCUT2D eigenvalue weighted by molar-refractivity contribution is 7.85. The van der Waals surface area contributed by atoms with Gasteiger partial charge < -0.3 is 4.74 Å². The van der Waals surface area contributed by atoms with Crippen LogP contribution in [0.2, 0.25) is 0 Å². The Morgan fingerprint density at radius 1 is 0.971 bits per heavy atom. The van der Waals surface area contributed by atoms with Crippen LogP contribution in [0.3, 0.4) is 0 Å². The van der Waals surface area contributed by atoms with Gasteiger partial charge in [0.05, 0.1) is 13.4 Å². The van der Waals surface area contributed by atoms with Crippen LogP contribution in [-0.2, 0) is 29.4 Å². The van der Waals surface area contributed by atoms with Crippen molar-refractivity contribution in [3.63, 3.8) is 0 Å². The highest BCUT2D eigenvalue weighted by atomic mass is 32.2. The van der Waals surface area contributed by atoms with Crippen LogP contribution in [-0.4, -0.2) is 50.4 Å². The fourth-order valence-corrected chi connectivity index (χ4v) is 5.70. The summed E-state index contributed by atoms with van der Waals surface area (Å²) in [4.78, 5) is 2.79. The number of aryl methyl sites for hydroxylation is 1. The molecule has 1 N–H and O–H groups in total. The van der Waals surface area contributed by atoms with E-state index < -0.39 is 10.1 Å². The molecule has 1 fully saturated rings. The molecule has 3 aromatic rings. The molecule has 3 aromatic carbocycles. The Hall–Kier alpha value is -2.67. The first-order chi connectivity index (χ1) is 16.8. The molecule has 3 atom stereocenters. The Bertz CT molecular complexity index is 1190. The van der Waals surface area contributed by atoms with Gasteiger partial charge in [-0.25, -0.2) is 0 Å². The van der Waals surface area contributed by atoms with E-state index in [2.05, 4.69) is 83.8 Å². The molecule has 1 aliphatic carbocycles. The fourth-order valence-electron chi connectivity index (χ4n) is 5.70. The number of methoxy groups -OCH3 is 1. The second-order valence-corrected chi connectivity index (χ2v) is 11.1. The van der Waals surface area contributed by atoms with E-state index in [1.54, 1.807) is 12.7 Å². The topological polar surface area (TPSA) is 66.8 Å². The molecule has 5 nitrogen and oxygen atoms in total. The van der Waals surface area contributed by atoms with E-state index in [-0.39, 0.29) is 0 Å². The van der Waals surface area contributed by atoms with Gasteiger partial charge >= 0.3 is 0 Å². The van der Waals surface area contributed by atoms with Crippen molar-refractivity contribution in [2.24, 2.45) is 5.92 Å². The van der Waals surface area contributed by atoms with E-state index >= 15 is 0 Å². The maximum absolute atomic E-state index is 9.19. The summed E-state index contributed by atoms with van der Waals surface area (Å²) in [7, 11) is -1.90. The fraction of sp³-hybridized carbons (Fsp3) is 0.379. The van der Waals surface area contributed by atoms with Crippen molar-refractivity contribution in [2.45, 2.75) is 37.6 Å². The highest BCUT2D eigenvalue weighted by Crippen LogP contribution is 2.46. The second kappa shape index (κ2) is 11.4. The van der Waals surface area contributed by atoms with Gasteiger partial charge in [0.2, 0.25) is 0 Å². The van der Waals surface area contributed by atoms with Crippen LogP contribution < -0.4 is 4.74 Å². The molecule has 0 bridgehead atoms.